The Hall–Kier alpha value is -3.35. The van der Waals surface area contributed by atoms with E-state index < -0.39 is 6.04 Å². The number of allylic oxidation sites excluding steroid dienone is 3. The molecule has 0 spiro atoms. The molecule has 1 aliphatic heterocycles. The molecule has 1 aromatic carbocycles. The molecule has 1 aromatic heterocycles. The summed E-state index contributed by atoms with van der Waals surface area (Å²) in [6, 6.07) is 5.16. The molecule has 0 bridgehead atoms. The quantitative estimate of drug-likeness (QED) is 0.848. The van der Waals surface area contributed by atoms with E-state index in [1.807, 2.05) is 60.2 Å². The summed E-state index contributed by atoms with van der Waals surface area (Å²) < 4.78 is 7.43. The summed E-state index contributed by atoms with van der Waals surface area (Å²) in [6.45, 7) is 2.48. The van der Waals surface area contributed by atoms with Gasteiger partial charge in [-0.1, -0.05) is 24.3 Å². The van der Waals surface area contributed by atoms with Crippen molar-refractivity contribution in [3.05, 3.63) is 60.7 Å². The van der Waals surface area contributed by atoms with Crippen LogP contribution < -0.4 is 15.0 Å². The first-order valence-corrected chi connectivity index (χ1v) is 9.71. The number of ether oxygens (including phenoxy) is 1. The summed E-state index contributed by atoms with van der Waals surface area (Å²) in [4.78, 5) is 31.3. The van der Waals surface area contributed by atoms with Crippen LogP contribution in [0.1, 0.15) is 18.5 Å². The van der Waals surface area contributed by atoms with Crippen molar-refractivity contribution in [1.29, 1.82) is 0 Å². The standard InChI is InChI=1S/C22H24N4O3/c1-15-13-25(14-23-15)19-9-8-17(12-20(19)29-2)26-11-10-18(22(26)28)24-21(27)16-6-4-3-5-7-16/h3-6,8-9,12-14,16,18H,7,10-11H2,1-2H3,(H,24,27). The zero-order chi connectivity index (χ0) is 20.4. The lowest BCUT2D eigenvalue weighted by Gasteiger charge is -2.20. The first-order chi connectivity index (χ1) is 14.1. The van der Waals surface area contributed by atoms with Crippen LogP contribution in [0.2, 0.25) is 0 Å². The number of benzene rings is 1. The summed E-state index contributed by atoms with van der Waals surface area (Å²) in [6.07, 6.45) is 12.5. The summed E-state index contributed by atoms with van der Waals surface area (Å²) in [5.41, 5.74) is 2.52. The fourth-order valence-corrected chi connectivity index (χ4v) is 3.72. The zero-order valence-corrected chi connectivity index (χ0v) is 16.5. The van der Waals surface area contributed by atoms with Crippen molar-refractivity contribution in [3.8, 4) is 11.4 Å². The molecule has 1 fully saturated rings. The Morgan fingerprint density at radius 1 is 1.31 bits per heavy atom. The van der Waals surface area contributed by atoms with Gasteiger partial charge in [0.05, 0.1) is 30.7 Å². The molecule has 2 aliphatic rings. The Morgan fingerprint density at radius 2 is 2.17 bits per heavy atom. The maximum atomic E-state index is 12.9. The van der Waals surface area contributed by atoms with Crippen molar-refractivity contribution in [2.75, 3.05) is 18.6 Å². The third kappa shape index (κ3) is 3.81. The number of carbonyl (C=O) groups excluding carboxylic acids is 2. The monoisotopic (exact) mass is 392 g/mol. The van der Waals surface area contributed by atoms with Gasteiger partial charge in [0.25, 0.3) is 0 Å². The minimum atomic E-state index is -0.497. The highest BCUT2D eigenvalue weighted by atomic mass is 16.5. The van der Waals surface area contributed by atoms with Crippen molar-refractivity contribution in [3.63, 3.8) is 0 Å². The molecular weight excluding hydrogens is 368 g/mol. The fraction of sp³-hybridized carbons (Fsp3) is 0.318. The number of nitrogens with zero attached hydrogens (tertiary/aromatic N) is 3. The lowest BCUT2D eigenvalue weighted by molar-refractivity contribution is -0.128. The molecule has 2 amide bonds. The summed E-state index contributed by atoms with van der Waals surface area (Å²) in [5, 5.41) is 2.91. The molecule has 1 saturated heterocycles. The van der Waals surface area contributed by atoms with Gasteiger partial charge in [-0.15, -0.1) is 0 Å². The van der Waals surface area contributed by atoms with E-state index >= 15 is 0 Å². The molecule has 29 heavy (non-hydrogen) atoms. The van der Waals surface area contributed by atoms with Gasteiger partial charge >= 0.3 is 0 Å². The highest BCUT2D eigenvalue weighted by molar-refractivity contribution is 6.01. The molecule has 4 rings (SSSR count). The van der Waals surface area contributed by atoms with Crippen LogP contribution in [-0.2, 0) is 9.59 Å². The van der Waals surface area contributed by atoms with Crippen molar-refractivity contribution in [2.24, 2.45) is 5.92 Å². The number of amides is 2. The first kappa shape index (κ1) is 19.0. The van der Waals surface area contributed by atoms with Crippen molar-refractivity contribution in [2.45, 2.75) is 25.8 Å². The van der Waals surface area contributed by atoms with Gasteiger partial charge in [0.15, 0.2) is 0 Å². The molecule has 2 aromatic rings. The number of anilines is 1. The largest absolute Gasteiger partial charge is 0.494 e. The molecule has 7 nitrogen and oxygen atoms in total. The number of aromatic nitrogens is 2. The minimum absolute atomic E-state index is 0.0954. The van der Waals surface area contributed by atoms with Gasteiger partial charge in [0.1, 0.15) is 11.8 Å². The van der Waals surface area contributed by atoms with E-state index in [1.54, 1.807) is 18.3 Å². The zero-order valence-electron chi connectivity index (χ0n) is 16.5. The Labute approximate surface area is 169 Å². The number of nitrogens with one attached hydrogen (secondary N) is 1. The molecule has 2 heterocycles. The van der Waals surface area contributed by atoms with E-state index in [0.29, 0.717) is 25.1 Å². The number of hydrogen-bond donors (Lipinski definition) is 1. The third-order valence-electron chi connectivity index (χ3n) is 5.30. The van der Waals surface area contributed by atoms with Crippen LogP contribution in [0.25, 0.3) is 5.69 Å². The maximum Gasteiger partial charge on any atom is 0.249 e. The molecular formula is C22H24N4O3. The molecule has 2 atom stereocenters. The molecule has 0 saturated carbocycles. The summed E-state index contributed by atoms with van der Waals surface area (Å²) in [5.74, 6) is 0.246. The van der Waals surface area contributed by atoms with Gasteiger partial charge in [0, 0.05) is 24.5 Å². The molecule has 150 valence electrons. The van der Waals surface area contributed by atoms with E-state index in [9.17, 15) is 9.59 Å². The van der Waals surface area contributed by atoms with Gasteiger partial charge in [-0.3, -0.25) is 9.59 Å². The third-order valence-corrected chi connectivity index (χ3v) is 5.30. The first-order valence-electron chi connectivity index (χ1n) is 9.71. The number of hydrogen-bond acceptors (Lipinski definition) is 4. The second-order valence-electron chi connectivity index (χ2n) is 7.27. The van der Waals surface area contributed by atoms with E-state index in [0.717, 1.165) is 17.1 Å². The summed E-state index contributed by atoms with van der Waals surface area (Å²) >= 11 is 0. The van der Waals surface area contributed by atoms with Gasteiger partial charge in [0.2, 0.25) is 11.8 Å². The minimum Gasteiger partial charge on any atom is -0.494 e. The van der Waals surface area contributed by atoms with Crippen LogP contribution in [0.3, 0.4) is 0 Å². The number of rotatable bonds is 5. The Morgan fingerprint density at radius 3 is 2.86 bits per heavy atom. The topological polar surface area (TPSA) is 76.5 Å². The highest BCUT2D eigenvalue weighted by Gasteiger charge is 2.35. The Kier molecular flexibility index (Phi) is 5.20. The van der Waals surface area contributed by atoms with Crippen molar-refractivity contribution in [1.82, 2.24) is 14.9 Å². The van der Waals surface area contributed by atoms with E-state index in [1.165, 1.54) is 0 Å². The van der Waals surface area contributed by atoms with E-state index in [2.05, 4.69) is 10.3 Å². The van der Waals surface area contributed by atoms with Gasteiger partial charge in [-0.2, -0.15) is 0 Å². The smallest absolute Gasteiger partial charge is 0.249 e. The number of aryl methyl sites for hydroxylation is 1. The van der Waals surface area contributed by atoms with Gasteiger partial charge in [-0.05, 0) is 31.9 Å². The SMILES string of the molecule is COc1cc(N2CCC(NC(=O)C3C=CC=CC3)C2=O)ccc1-n1cnc(C)c1. The van der Waals surface area contributed by atoms with Crippen LogP contribution in [0.5, 0.6) is 5.75 Å². The Bertz CT molecular complexity index is 992. The normalized spacial score (nSPS) is 20.9. The average molecular weight is 392 g/mol. The van der Waals surface area contributed by atoms with Crippen LogP contribution in [0.15, 0.2) is 55.0 Å². The van der Waals surface area contributed by atoms with Gasteiger partial charge < -0.3 is 19.5 Å². The predicted molar refractivity (Wildman–Crippen MR) is 110 cm³/mol. The summed E-state index contributed by atoms with van der Waals surface area (Å²) in [7, 11) is 1.60. The second-order valence-corrected chi connectivity index (χ2v) is 7.27. The predicted octanol–water partition coefficient (Wildman–Crippen LogP) is 2.54. The lowest BCUT2D eigenvalue weighted by atomic mass is 9.99. The van der Waals surface area contributed by atoms with Crippen molar-refractivity contribution >= 4 is 17.5 Å². The lowest BCUT2D eigenvalue weighted by Crippen LogP contribution is -2.43. The van der Waals surface area contributed by atoms with Gasteiger partial charge in [-0.25, -0.2) is 4.98 Å². The number of methoxy groups -OCH3 is 1. The van der Waals surface area contributed by atoms with E-state index in [-0.39, 0.29) is 17.7 Å². The number of imidazole rings is 1. The van der Waals surface area contributed by atoms with Crippen LogP contribution in [0, 0.1) is 12.8 Å². The fourth-order valence-electron chi connectivity index (χ4n) is 3.72. The molecule has 1 aliphatic carbocycles. The maximum absolute atomic E-state index is 12.9. The highest BCUT2D eigenvalue weighted by Crippen LogP contribution is 2.31. The number of carbonyl (C=O) groups is 2. The Balaban J connectivity index is 1.49. The molecule has 0 radical (unpaired) electrons. The van der Waals surface area contributed by atoms with E-state index in [4.69, 9.17) is 4.74 Å². The molecule has 2 unspecified atom stereocenters. The van der Waals surface area contributed by atoms with Crippen LogP contribution in [-0.4, -0.2) is 41.1 Å². The van der Waals surface area contributed by atoms with Crippen molar-refractivity contribution < 1.29 is 14.3 Å². The average Bonchev–Trinajstić information content (AvgIpc) is 3.34. The molecule has 1 N–H and O–H groups in total. The second kappa shape index (κ2) is 7.95. The van der Waals surface area contributed by atoms with Crippen LogP contribution >= 0.6 is 0 Å². The van der Waals surface area contributed by atoms with Crippen LogP contribution in [0.4, 0.5) is 5.69 Å². The molecule has 7 heteroatoms.